The van der Waals surface area contributed by atoms with Crippen molar-refractivity contribution in [3.8, 4) is 17.0 Å². The van der Waals surface area contributed by atoms with E-state index in [1.165, 1.54) is 37.7 Å². The fourth-order valence-electron chi connectivity index (χ4n) is 3.61. The van der Waals surface area contributed by atoms with Gasteiger partial charge >= 0.3 is 0 Å². The topological polar surface area (TPSA) is 39.2 Å². The highest BCUT2D eigenvalue weighted by Gasteiger charge is 2.39. The van der Waals surface area contributed by atoms with Crippen molar-refractivity contribution >= 4 is 14.6 Å². The van der Waals surface area contributed by atoms with Crippen LogP contribution >= 0.6 is 0 Å². The Hall–Kier alpha value is -1.94. The van der Waals surface area contributed by atoms with Gasteiger partial charge in [0, 0.05) is 17.3 Å². The van der Waals surface area contributed by atoms with Crippen LogP contribution in [-0.2, 0) is 0 Å². The molecule has 0 saturated heterocycles. The molecule has 1 saturated carbocycles. The maximum atomic E-state index is 10.9. The molecule has 1 fully saturated rings. The van der Waals surface area contributed by atoms with Crippen molar-refractivity contribution in [3.63, 3.8) is 0 Å². The highest BCUT2D eigenvalue weighted by molar-refractivity contribution is 6.74. The first-order valence-electron chi connectivity index (χ1n) is 10.5. The summed E-state index contributed by atoms with van der Waals surface area (Å²) in [5, 5.41) is 0.168. The van der Waals surface area contributed by atoms with E-state index in [1.807, 2.05) is 12.1 Å². The van der Waals surface area contributed by atoms with Crippen molar-refractivity contribution in [1.82, 2.24) is 4.98 Å². The second kappa shape index (κ2) is 8.20. The number of rotatable bonds is 5. The second-order valence-corrected chi connectivity index (χ2v) is 14.3. The van der Waals surface area contributed by atoms with E-state index in [4.69, 9.17) is 4.43 Å². The van der Waals surface area contributed by atoms with Crippen LogP contribution in [-0.4, -0.2) is 19.6 Å². The molecule has 0 bridgehead atoms. The minimum Gasteiger partial charge on any atom is -0.543 e. The highest BCUT2D eigenvalue weighted by atomic mass is 28.4. The molecule has 1 heterocycles. The zero-order valence-corrected chi connectivity index (χ0v) is 18.9. The minimum atomic E-state index is -1.90. The van der Waals surface area contributed by atoms with Gasteiger partial charge in [-0.15, -0.1) is 0 Å². The summed E-state index contributed by atoms with van der Waals surface area (Å²) in [6.07, 6.45) is 8.86. The Bertz CT molecular complexity index is 815. The van der Waals surface area contributed by atoms with E-state index in [9.17, 15) is 4.79 Å². The first kappa shape index (κ1) is 20.8. The molecule has 0 radical (unpaired) electrons. The van der Waals surface area contributed by atoms with E-state index in [0.717, 1.165) is 23.3 Å². The van der Waals surface area contributed by atoms with Crippen LogP contribution in [0.5, 0.6) is 5.75 Å². The zero-order chi connectivity index (χ0) is 20.4. The van der Waals surface area contributed by atoms with Crippen molar-refractivity contribution in [2.24, 2.45) is 0 Å². The van der Waals surface area contributed by atoms with Crippen LogP contribution in [0.4, 0.5) is 0 Å². The van der Waals surface area contributed by atoms with E-state index >= 15 is 0 Å². The Morgan fingerprint density at radius 3 is 2.36 bits per heavy atom. The number of hydrogen-bond donors (Lipinski definition) is 0. The molecule has 2 aromatic rings. The van der Waals surface area contributed by atoms with Crippen molar-refractivity contribution in [1.29, 1.82) is 0 Å². The van der Waals surface area contributed by atoms with Gasteiger partial charge in [-0.25, -0.2) is 0 Å². The minimum absolute atomic E-state index is 0.168. The van der Waals surface area contributed by atoms with Gasteiger partial charge in [0.2, 0.25) is 8.32 Å². The summed E-state index contributed by atoms with van der Waals surface area (Å²) in [4.78, 5) is 15.4. The summed E-state index contributed by atoms with van der Waals surface area (Å²) in [5.74, 6) is 1.62. The summed E-state index contributed by atoms with van der Waals surface area (Å²) >= 11 is 0. The van der Waals surface area contributed by atoms with Crippen LogP contribution in [0, 0.1) is 0 Å². The van der Waals surface area contributed by atoms with Crippen LogP contribution in [0.1, 0.15) is 74.7 Å². The number of aldehydes is 1. The predicted molar refractivity (Wildman–Crippen MR) is 119 cm³/mol. The smallest absolute Gasteiger partial charge is 0.250 e. The third-order valence-corrected chi connectivity index (χ3v) is 10.8. The van der Waals surface area contributed by atoms with Gasteiger partial charge < -0.3 is 4.43 Å². The molecule has 0 spiro atoms. The molecule has 1 aliphatic carbocycles. The molecule has 0 aliphatic heterocycles. The molecule has 1 aromatic carbocycles. The van der Waals surface area contributed by atoms with E-state index in [1.54, 1.807) is 6.20 Å². The van der Waals surface area contributed by atoms with E-state index in [0.29, 0.717) is 11.5 Å². The summed E-state index contributed by atoms with van der Waals surface area (Å²) in [5.41, 5.74) is 3.94. The predicted octanol–water partition coefficient (Wildman–Crippen LogP) is 6.99. The van der Waals surface area contributed by atoms with Gasteiger partial charge in [-0.3, -0.25) is 9.78 Å². The molecule has 3 rings (SSSR count). The van der Waals surface area contributed by atoms with E-state index in [2.05, 4.69) is 57.0 Å². The lowest BCUT2D eigenvalue weighted by Gasteiger charge is -2.38. The van der Waals surface area contributed by atoms with E-state index in [-0.39, 0.29) is 5.04 Å². The quantitative estimate of drug-likeness (QED) is 0.404. The Labute approximate surface area is 170 Å². The van der Waals surface area contributed by atoms with Crippen molar-refractivity contribution in [3.05, 3.63) is 47.7 Å². The number of benzene rings is 1. The zero-order valence-electron chi connectivity index (χ0n) is 17.9. The maximum Gasteiger partial charge on any atom is 0.250 e. The number of carbonyl (C=O) groups is 1. The Balaban J connectivity index is 2.00. The van der Waals surface area contributed by atoms with Crippen LogP contribution in [0.3, 0.4) is 0 Å². The monoisotopic (exact) mass is 395 g/mol. The summed E-state index contributed by atoms with van der Waals surface area (Å²) < 4.78 is 6.75. The molecule has 3 nitrogen and oxygen atoms in total. The van der Waals surface area contributed by atoms with Crippen molar-refractivity contribution in [2.75, 3.05) is 0 Å². The standard InChI is InChI=1S/C24H33NO2Si/c1-24(2,3)28(4,5)27-23-14-12-20(22-13-11-18(17-26)16-25-22)15-21(23)19-9-7-6-8-10-19/h11-17,19H,6-10H2,1-5H3. The Morgan fingerprint density at radius 2 is 1.79 bits per heavy atom. The molecule has 4 heteroatoms. The van der Waals surface area contributed by atoms with Gasteiger partial charge in [-0.05, 0) is 72.8 Å². The normalized spacial score (nSPS) is 16.0. The molecule has 0 amide bonds. The molecule has 0 atom stereocenters. The maximum absolute atomic E-state index is 10.9. The number of pyridine rings is 1. The van der Waals surface area contributed by atoms with Crippen molar-refractivity contribution < 1.29 is 9.22 Å². The average Bonchev–Trinajstić information content (AvgIpc) is 2.68. The Kier molecular flexibility index (Phi) is 6.09. The van der Waals surface area contributed by atoms with Crippen LogP contribution in [0.2, 0.25) is 18.1 Å². The second-order valence-electron chi connectivity index (χ2n) is 9.54. The molecule has 28 heavy (non-hydrogen) atoms. The largest absolute Gasteiger partial charge is 0.543 e. The third kappa shape index (κ3) is 4.54. The van der Waals surface area contributed by atoms with Gasteiger partial charge in [0.1, 0.15) is 5.75 Å². The van der Waals surface area contributed by atoms with Crippen molar-refractivity contribution in [2.45, 2.75) is 76.9 Å². The highest BCUT2D eigenvalue weighted by Crippen LogP contribution is 2.43. The van der Waals surface area contributed by atoms with Gasteiger partial charge in [-0.2, -0.15) is 0 Å². The van der Waals surface area contributed by atoms with E-state index < -0.39 is 8.32 Å². The number of hydrogen-bond acceptors (Lipinski definition) is 3. The molecule has 150 valence electrons. The third-order valence-electron chi connectivity index (χ3n) is 6.44. The van der Waals surface area contributed by atoms with Gasteiger partial charge in [-0.1, -0.05) is 40.0 Å². The number of aromatic nitrogens is 1. The van der Waals surface area contributed by atoms with Crippen LogP contribution < -0.4 is 4.43 Å². The molecule has 0 N–H and O–H groups in total. The molecule has 1 aliphatic rings. The lowest BCUT2D eigenvalue weighted by atomic mass is 9.83. The van der Waals surface area contributed by atoms with Crippen LogP contribution in [0.15, 0.2) is 36.5 Å². The van der Waals surface area contributed by atoms with Gasteiger partial charge in [0.05, 0.1) is 5.69 Å². The number of nitrogens with zero attached hydrogens (tertiary/aromatic N) is 1. The summed E-state index contributed by atoms with van der Waals surface area (Å²) in [7, 11) is -1.90. The SMILES string of the molecule is CC(C)(C)[Si](C)(C)Oc1ccc(-c2ccc(C=O)cn2)cc1C1CCCCC1. The van der Waals surface area contributed by atoms with Gasteiger partial charge in [0.25, 0.3) is 0 Å². The van der Waals surface area contributed by atoms with Crippen LogP contribution in [0.25, 0.3) is 11.3 Å². The molecular weight excluding hydrogens is 362 g/mol. The first-order chi connectivity index (χ1) is 13.2. The number of carbonyl (C=O) groups excluding carboxylic acids is 1. The Morgan fingerprint density at radius 1 is 1.07 bits per heavy atom. The molecular formula is C24H33NO2Si. The fourth-order valence-corrected chi connectivity index (χ4v) is 4.65. The first-order valence-corrected chi connectivity index (χ1v) is 13.4. The molecule has 0 unspecified atom stereocenters. The average molecular weight is 396 g/mol. The lowest BCUT2D eigenvalue weighted by Crippen LogP contribution is -2.44. The summed E-state index contributed by atoms with van der Waals surface area (Å²) in [6, 6.07) is 10.3. The summed E-state index contributed by atoms with van der Waals surface area (Å²) in [6.45, 7) is 11.5. The fraction of sp³-hybridized carbons (Fsp3) is 0.500. The molecule has 1 aromatic heterocycles. The van der Waals surface area contributed by atoms with Gasteiger partial charge in [0.15, 0.2) is 6.29 Å². The lowest BCUT2D eigenvalue weighted by molar-refractivity contribution is 0.112.